The smallest absolute Gasteiger partial charge is 0.260 e. The van der Waals surface area contributed by atoms with Gasteiger partial charge >= 0.3 is 0 Å². The Kier molecular flexibility index (Phi) is 4.96. The lowest BCUT2D eigenvalue weighted by molar-refractivity contribution is 0.261. The lowest BCUT2D eigenvalue weighted by Gasteiger charge is -2.17. The van der Waals surface area contributed by atoms with Gasteiger partial charge in [-0.25, -0.2) is 4.39 Å². The van der Waals surface area contributed by atoms with Crippen molar-refractivity contribution in [3.05, 3.63) is 46.3 Å². The minimum Gasteiger partial charge on any atom is -0.489 e. The van der Waals surface area contributed by atoms with Gasteiger partial charge in [-0.3, -0.25) is 9.78 Å². The first-order chi connectivity index (χ1) is 12.3. The summed E-state index contributed by atoms with van der Waals surface area (Å²) in [6.45, 7) is 6.16. The maximum absolute atomic E-state index is 15.1. The summed E-state index contributed by atoms with van der Waals surface area (Å²) in [7, 11) is 1.56. The van der Waals surface area contributed by atoms with E-state index in [0.29, 0.717) is 27.8 Å². The van der Waals surface area contributed by atoms with Gasteiger partial charge in [0.05, 0.1) is 16.6 Å². The van der Waals surface area contributed by atoms with Crippen molar-refractivity contribution in [2.45, 2.75) is 33.2 Å². The number of nitrogens with two attached hydrogens (primary N) is 1. The van der Waals surface area contributed by atoms with Crippen molar-refractivity contribution in [3.63, 3.8) is 0 Å². The molecule has 0 amide bonds. The van der Waals surface area contributed by atoms with Crippen LogP contribution in [0.1, 0.15) is 26.0 Å². The molecule has 26 heavy (non-hydrogen) atoms. The van der Waals surface area contributed by atoms with Crippen molar-refractivity contribution in [1.82, 2.24) is 9.55 Å². The van der Waals surface area contributed by atoms with E-state index in [1.807, 2.05) is 0 Å². The van der Waals surface area contributed by atoms with Crippen LogP contribution in [-0.2, 0) is 7.05 Å². The van der Waals surface area contributed by atoms with Crippen molar-refractivity contribution >= 4 is 21.7 Å². The molecule has 0 bridgehead atoms. The van der Waals surface area contributed by atoms with Gasteiger partial charge in [0.15, 0.2) is 11.6 Å². The van der Waals surface area contributed by atoms with E-state index in [1.165, 1.54) is 4.57 Å². The third kappa shape index (κ3) is 3.17. The molecule has 1 atom stereocenters. The van der Waals surface area contributed by atoms with Crippen LogP contribution in [0.4, 0.5) is 4.39 Å². The van der Waals surface area contributed by atoms with E-state index < -0.39 is 5.82 Å². The maximum atomic E-state index is 15.1. The number of nitrogens with zero attached hydrogens (tertiary/aromatic N) is 2. The van der Waals surface area contributed by atoms with Gasteiger partial charge in [0.1, 0.15) is 6.61 Å². The number of rotatable bonds is 5. The molecule has 0 aliphatic heterocycles. The number of benzene rings is 1. The fourth-order valence-electron chi connectivity index (χ4n) is 3.40. The molecule has 5 nitrogen and oxygen atoms in total. The summed E-state index contributed by atoms with van der Waals surface area (Å²) in [6.07, 6.45) is 2.42. The number of hydrogen-bond acceptors (Lipinski definition) is 4. The van der Waals surface area contributed by atoms with Crippen LogP contribution >= 0.6 is 0 Å². The minimum atomic E-state index is -0.546. The summed E-state index contributed by atoms with van der Waals surface area (Å²) in [6, 6.07) is 4.95. The zero-order valence-corrected chi connectivity index (χ0v) is 15.5. The van der Waals surface area contributed by atoms with Crippen LogP contribution in [0.3, 0.4) is 0 Å². The quantitative estimate of drug-likeness (QED) is 0.712. The largest absolute Gasteiger partial charge is 0.489 e. The van der Waals surface area contributed by atoms with Crippen LogP contribution in [0.2, 0.25) is 0 Å². The highest BCUT2D eigenvalue weighted by Gasteiger charge is 2.18. The van der Waals surface area contributed by atoms with Crippen LogP contribution in [0.25, 0.3) is 21.7 Å². The predicted octanol–water partition coefficient (Wildman–Crippen LogP) is 3.29. The highest BCUT2D eigenvalue weighted by Crippen LogP contribution is 2.30. The van der Waals surface area contributed by atoms with Gasteiger partial charge in [-0.05, 0) is 42.8 Å². The van der Waals surface area contributed by atoms with E-state index in [9.17, 15) is 4.79 Å². The first-order valence-corrected chi connectivity index (χ1v) is 8.76. The Bertz CT molecular complexity index is 1030. The van der Waals surface area contributed by atoms with Gasteiger partial charge in [0.25, 0.3) is 5.56 Å². The molecule has 0 saturated heterocycles. The van der Waals surface area contributed by atoms with Crippen molar-refractivity contribution < 1.29 is 9.13 Å². The summed E-state index contributed by atoms with van der Waals surface area (Å²) in [5, 5.41) is 1.86. The van der Waals surface area contributed by atoms with E-state index in [2.05, 4.69) is 18.8 Å². The first-order valence-electron chi connectivity index (χ1n) is 8.76. The number of fused-ring (bicyclic) bond motifs is 3. The molecule has 1 aromatic carbocycles. The van der Waals surface area contributed by atoms with Crippen LogP contribution in [0.5, 0.6) is 5.75 Å². The second-order valence-corrected chi connectivity index (χ2v) is 7.16. The Morgan fingerprint density at radius 1 is 1.27 bits per heavy atom. The third-order valence-electron chi connectivity index (χ3n) is 4.59. The number of ether oxygens (including phenoxy) is 1. The lowest BCUT2D eigenvalue weighted by Crippen LogP contribution is -2.29. The van der Waals surface area contributed by atoms with E-state index in [0.717, 1.165) is 6.42 Å². The number of aryl methyl sites for hydroxylation is 2. The highest BCUT2D eigenvalue weighted by atomic mass is 19.1. The van der Waals surface area contributed by atoms with Crippen LogP contribution in [0, 0.1) is 18.7 Å². The van der Waals surface area contributed by atoms with Crippen molar-refractivity contribution in [3.8, 4) is 5.75 Å². The average Bonchev–Trinajstić information content (AvgIpc) is 2.57. The summed E-state index contributed by atoms with van der Waals surface area (Å²) in [5.41, 5.74) is 6.60. The van der Waals surface area contributed by atoms with Crippen LogP contribution in [-0.4, -0.2) is 22.2 Å². The minimum absolute atomic E-state index is 0.108. The van der Waals surface area contributed by atoms with Crippen molar-refractivity contribution in [2.24, 2.45) is 18.7 Å². The Labute approximate surface area is 151 Å². The Morgan fingerprint density at radius 2 is 2.00 bits per heavy atom. The van der Waals surface area contributed by atoms with Gasteiger partial charge in [-0.2, -0.15) is 0 Å². The zero-order chi connectivity index (χ0) is 19.0. The second-order valence-electron chi connectivity index (χ2n) is 7.16. The molecule has 3 aromatic rings. The monoisotopic (exact) mass is 357 g/mol. The molecule has 2 N–H and O–H groups in total. The molecule has 2 heterocycles. The van der Waals surface area contributed by atoms with Crippen molar-refractivity contribution in [1.29, 1.82) is 0 Å². The molecule has 0 aliphatic carbocycles. The molecular formula is C20H24FN3O2. The molecule has 2 aromatic heterocycles. The Hall–Kier alpha value is -2.47. The number of aromatic nitrogens is 2. The predicted molar refractivity (Wildman–Crippen MR) is 102 cm³/mol. The van der Waals surface area contributed by atoms with E-state index in [1.54, 1.807) is 38.4 Å². The SMILES string of the molecule is Cc1nccc2c1c(=O)n(C)c1c(F)c(OCC(N)CC(C)C)ccc21. The highest BCUT2D eigenvalue weighted by molar-refractivity contribution is 6.06. The number of hydrogen-bond donors (Lipinski definition) is 1. The summed E-state index contributed by atoms with van der Waals surface area (Å²) >= 11 is 0. The third-order valence-corrected chi connectivity index (χ3v) is 4.59. The topological polar surface area (TPSA) is 70.1 Å². The molecule has 1 unspecified atom stereocenters. The number of halogens is 1. The van der Waals surface area contributed by atoms with Gasteiger partial charge in [0, 0.05) is 24.7 Å². The maximum Gasteiger partial charge on any atom is 0.260 e. The van der Waals surface area contributed by atoms with Crippen LogP contribution < -0.4 is 16.0 Å². The van der Waals surface area contributed by atoms with Crippen molar-refractivity contribution in [2.75, 3.05) is 6.61 Å². The first kappa shape index (κ1) is 18.3. The lowest BCUT2D eigenvalue weighted by atomic mass is 10.0. The summed E-state index contributed by atoms with van der Waals surface area (Å²) in [5.74, 6) is 0.00568. The molecule has 6 heteroatoms. The summed E-state index contributed by atoms with van der Waals surface area (Å²) < 4.78 is 22.0. The normalized spacial score (nSPS) is 12.9. The molecule has 138 valence electrons. The number of pyridine rings is 2. The van der Waals surface area contributed by atoms with E-state index >= 15 is 4.39 Å². The standard InChI is InChI=1S/C20H24FN3O2/c1-11(2)9-13(22)10-26-16-6-5-15-14-7-8-23-12(3)17(14)20(25)24(4)19(15)18(16)21/h5-8,11,13H,9-10,22H2,1-4H3. The van der Waals surface area contributed by atoms with Gasteiger partial charge < -0.3 is 15.0 Å². The Morgan fingerprint density at radius 3 is 2.69 bits per heavy atom. The average molecular weight is 357 g/mol. The van der Waals surface area contributed by atoms with Crippen LogP contribution in [0.15, 0.2) is 29.2 Å². The van der Waals surface area contributed by atoms with Gasteiger partial charge in [-0.15, -0.1) is 0 Å². The fraction of sp³-hybridized carbons (Fsp3) is 0.400. The molecule has 0 radical (unpaired) electrons. The second kappa shape index (κ2) is 7.03. The summed E-state index contributed by atoms with van der Waals surface area (Å²) in [4.78, 5) is 16.9. The Balaban J connectivity index is 2.11. The zero-order valence-electron chi connectivity index (χ0n) is 15.5. The van der Waals surface area contributed by atoms with Gasteiger partial charge in [-0.1, -0.05) is 13.8 Å². The molecule has 0 spiro atoms. The molecule has 0 aliphatic rings. The molecule has 0 fully saturated rings. The van der Waals surface area contributed by atoms with Gasteiger partial charge in [0.2, 0.25) is 0 Å². The van der Waals surface area contributed by atoms with E-state index in [4.69, 9.17) is 10.5 Å². The van der Waals surface area contributed by atoms with E-state index in [-0.39, 0.29) is 29.5 Å². The fourth-order valence-corrected chi connectivity index (χ4v) is 3.40. The molecule has 3 rings (SSSR count). The molecular weight excluding hydrogens is 333 g/mol. The molecule has 0 saturated carbocycles.